The average molecular weight is 311 g/mol. The van der Waals surface area contributed by atoms with E-state index in [0.717, 1.165) is 7.11 Å². The molecule has 120 valence electrons. The molecule has 0 bridgehead atoms. The largest absolute Gasteiger partial charge is 0.400 e. The van der Waals surface area contributed by atoms with E-state index in [1.807, 2.05) is 0 Å². The summed E-state index contributed by atoms with van der Waals surface area (Å²) in [6, 6.07) is 0. The minimum Gasteiger partial charge on any atom is -0.400 e. The highest BCUT2D eigenvalue weighted by Gasteiger charge is 2.26. The molecule has 1 atom stereocenters. The van der Waals surface area contributed by atoms with Crippen LogP contribution in [0.3, 0.4) is 0 Å². The lowest BCUT2D eigenvalue weighted by Gasteiger charge is -2.24. The van der Waals surface area contributed by atoms with E-state index in [1.165, 1.54) is 13.4 Å². The summed E-state index contributed by atoms with van der Waals surface area (Å²) in [5, 5.41) is 16.3. The predicted octanol–water partition coefficient (Wildman–Crippen LogP) is -0.443. The van der Waals surface area contributed by atoms with Gasteiger partial charge in [0, 0.05) is 27.2 Å². The topological polar surface area (TPSA) is 119 Å². The van der Waals surface area contributed by atoms with E-state index in [2.05, 4.69) is 20.9 Å². The van der Waals surface area contributed by atoms with Crippen LogP contribution in [0.25, 0.3) is 11.2 Å². The first-order chi connectivity index (χ1) is 10.5. The molecule has 22 heavy (non-hydrogen) atoms. The van der Waals surface area contributed by atoms with Gasteiger partial charge in [-0.15, -0.1) is 6.42 Å². The molecule has 0 aliphatic rings. The van der Waals surface area contributed by atoms with Crippen molar-refractivity contribution < 1.29 is 19.3 Å². The predicted molar refractivity (Wildman–Crippen MR) is 78.1 cm³/mol. The molecule has 2 heterocycles. The lowest BCUT2D eigenvalue weighted by atomic mass is 10.0. The number of aryl methyl sites for hydroxylation is 1. The standard InChI is InChI=1S/C12H14FN5O2.CH4O/c1-3-12(6-19,20-2)4-5-18-7-15-8-9(14)16-11(13)17-10(8)18;1-2/h1,7,19H,4-6H2,2H3,(H2,14,16,17);2H,1H3. The van der Waals surface area contributed by atoms with Gasteiger partial charge in [0.15, 0.2) is 17.1 Å². The van der Waals surface area contributed by atoms with Crippen LogP contribution in [0.4, 0.5) is 10.2 Å². The number of anilines is 1. The Bertz CT molecular complexity index is 663. The van der Waals surface area contributed by atoms with Gasteiger partial charge in [0.2, 0.25) is 0 Å². The van der Waals surface area contributed by atoms with E-state index < -0.39 is 11.7 Å². The lowest BCUT2D eigenvalue weighted by molar-refractivity contribution is -0.0147. The minimum absolute atomic E-state index is 0.0247. The summed E-state index contributed by atoms with van der Waals surface area (Å²) in [4.78, 5) is 11.1. The van der Waals surface area contributed by atoms with Crippen LogP contribution in [0.2, 0.25) is 0 Å². The number of terminal acetylenes is 1. The Hall–Kier alpha value is -2.28. The van der Waals surface area contributed by atoms with Crippen LogP contribution >= 0.6 is 0 Å². The van der Waals surface area contributed by atoms with Gasteiger partial charge in [-0.05, 0) is 0 Å². The van der Waals surface area contributed by atoms with Gasteiger partial charge < -0.3 is 25.3 Å². The molecule has 4 N–H and O–H groups in total. The number of ether oxygens (including phenoxy) is 1. The van der Waals surface area contributed by atoms with E-state index in [0.29, 0.717) is 18.5 Å². The zero-order valence-corrected chi connectivity index (χ0v) is 12.3. The quantitative estimate of drug-likeness (QED) is 0.505. The van der Waals surface area contributed by atoms with Gasteiger partial charge in [-0.25, -0.2) is 4.98 Å². The molecular formula is C13H18FN5O3. The van der Waals surface area contributed by atoms with Crippen LogP contribution in [0, 0.1) is 18.4 Å². The Morgan fingerprint density at radius 1 is 1.50 bits per heavy atom. The number of aromatic nitrogens is 4. The minimum atomic E-state index is -1.09. The molecule has 0 aromatic carbocycles. The summed E-state index contributed by atoms with van der Waals surface area (Å²) in [6.07, 6.45) is 6.22. The Morgan fingerprint density at radius 2 is 2.18 bits per heavy atom. The van der Waals surface area contributed by atoms with Crippen molar-refractivity contribution in [2.24, 2.45) is 0 Å². The van der Waals surface area contributed by atoms with Crippen LogP contribution in [0.1, 0.15) is 6.42 Å². The Morgan fingerprint density at radius 3 is 2.73 bits per heavy atom. The lowest BCUT2D eigenvalue weighted by Crippen LogP contribution is -2.35. The summed E-state index contributed by atoms with van der Waals surface area (Å²) < 4.78 is 19.9. The van der Waals surface area contributed by atoms with Crippen molar-refractivity contribution in [2.45, 2.75) is 18.6 Å². The van der Waals surface area contributed by atoms with Crippen molar-refractivity contribution >= 4 is 17.0 Å². The number of nitrogens with zero attached hydrogens (tertiary/aromatic N) is 4. The molecule has 1 unspecified atom stereocenters. The SMILES string of the molecule is C#CC(CO)(CCn1cnc2c(N)nc(F)nc21)OC.CO. The molecule has 0 aliphatic heterocycles. The number of nitrogen functional groups attached to an aromatic ring is 1. The van der Waals surface area contributed by atoms with Gasteiger partial charge in [0.05, 0.1) is 12.9 Å². The molecule has 0 fully saturated rings. The molecule has 2 aromatic rings. The van der Waals surface area contributed by atoms with Gasteiger partial charge in [-0.1, -0.05) is 5.92 Å². The summed E-state index contributed by atoms with van der Waals surface area (Å²) in [5.74, 6) is 2.39. The van der Waals surface area contributed by atoms with E-state index in [-0.39, 0.29) is 18.1 Å². The fraction of sp³-hybridized carbons (Fsp3) is 0.462. The summed E-state index contributed by atoms with van der Waals surface area (Å²) >= 11 is 0. The van der Waals surface area contributed by atoms with Gasteiger partial charge in [-0.2, -0.15) is 14.4 Å². The van der Waals surface area contributed by atoms with E-state index >= 15 is 0 Å². The van der Waals surface area contributed by atoms with Crippen molar-refractivity contribution in [1.29, 1.82) is 0 Å². The first-order valence-corrected chi connectivity index (χ1v) is 6.27. The molecule has 0 aliphatic carbocycles. The molecule has 2 aromatic heterocycles. The molecule has 8 nitrogen and oxygen atoms in total. The Balaban J connectivity index is 0.00000116. The van der Waals surface area contributed by atoms with Crippen LogP contribution in [-0.2, 0) is 11.3 Å². The molecule has 0 radical (unpaired) electrons. The molecule has 0 amide bonds. The number of hydrogen-bond donors (Lipinski definition) is 3. The number of aliphatic hydroxyl groups is 2. The molecule has 2 rings (SSSR count). The third-order valence-corrected chi connectivity index (χ3v) is 3.13. The zero-order chi connectivity index (χ0) is 16.8. The molecule has 0 saturated heterocycles. The number of hydrogen-bond acceptors (Lipinski definition) is 7. The van der Waals surface area contributed by atoms with Crippen molar-refractivity contribution in [3.8, 4) is 12.3 Å². The van der Waals surface area contributed by atoms with E-state index in [4.69, 9.17) is 22.0 Å². The summed E-state index contributed by atoms with van der Waals surface area (Å²) in [5.41, 5.74) is 5.07. The second-order valence-electron chi connectivity index (χ2n) is 4.24. The number of halogens is 1. The maximum Gasteiger partial charge on any atom is 0.312 e. The highest BCUT2D eigenvalue weighted by Crippen LogP contribution is 2.19. The molecule has 0 saturated carbocycles. The summed E-state index contributed by atoms with van der Waals surface area (Å²) in [7, 11) is 2.42. The van der Waals surface area contributed by atoms with Crippen molar-refractivity contribution in [1.82, 2.24) is 19.5 Å². The van der Waals surface area contributed by atoms with E-state index in [9.17, 15) is 9.50 Å². The number of fused-ring (bicyclic) bond motifs is 1. The molecular weight excluding hydrogens is 293 g/mol. The summed E-state index contributed by atoms with van der Waals surface area (Å²) in [6.45, 7) is 0.0170. The number of nitrogens with two attached hydrogens (primary N) is 1. The van der Waals surface area contributed by atoms with E-state index in [1.54, 1.807) is 4.57 Å². The maximum absolute atomic E-state index is 13.2. The highest BCUT2D eigenvalue weighted by atomic mass is 19.1. The monoisotopic (exact) mass is 311 g/mol. The molecule has 0 spiro atoms. The van der Waals surface area contributed by atoms with Crippen LogP contribution in [-0.4, -0.2) is 56.2 Å². The highest BCUT2D eigenvalue weighted by molar-refractivity contribution is 5.81. The number of methoxy groups -OCH3 is 1. The van der Waals surface area contributed by atoms with Gasteiger partial charge in [0.1, 0.15) is 5.52 Å². The smallest absolute Gasteiger partial charge is 0.312 e. The second-order valence-corrected chi connectivity index (χ2v) is 4.24. The van der Waals surface area contributed by atoms with Crippen LogP contribution in [0.5, 0.6) is 0 Å². The van der Waals surface area contributed by atoms with Crippen LogP contribution in [0.15, 0.2) is 6.33 Å². The van der Waals surface area contributed by atoms with Gasteiger partial charge >= 0.3 is 6.08 Å². The average Bonchev–Trinajstić information content (AvgIpc) is 2.94. The number of aliphatic hydroxyl groups excluding tert-OH is 2. The van der Waals surface area contributed by atoms with Crippen LogP contribution < -0.4 is 5.73 Å². The fourth-order valence-corrected chi connectivity index (χ4v) is 1.83. The Labute approximate surface area is 126 Å². The maximum atomic E-state index is 13.2. The normalized spacial score (nSPS) is 13.1. The third-order valence-electron chi connectivity index (χ3n) is 3.13. The fourth-order valence-electron chi connectivity index (χ4n) is 1.83. The third kappa shape index (κ3) is 3.48. The first-order valence-electron chi connectivity index (χ1n) is 6.27. The van der Waals surface area contributed by atoms with Gasteiger partial charge in [-0.3, -0.25) is 0 Å². The molecule has 9 heteroatoms. The number of imidazole rings is 1. The Kier molecular flexibility index (Phi) is 6.18. The number of rotatable bonds is 5. The van der Waals surface area contributed by atoms with Gasteiger partial charge in [0.25, 0.3) is 0 Å². The zero-order valence-electron chi connectivity index (χ0n) is 12.3. The van der Waals surface area contributed by atoms with Crippen molar-refractivity contribution in [2.75, 3.05) is 26.6 Å². The first kappa shape index (κ1) is 17.8. The van der Waals surface area contributed by atoms with Crippen molar-refractivity contribution in [3.05, 3.63) is 12.4 Å². The van der Waals surface area contributed by atoms with Crippen molar-refractivity contribution in [3.63, 3.8) is 0 Å². The second kappa shape index (κ2) is 7.65.